The maximum Gasteiger partial charge on any atom is 0.421 e. The van der Waals surface area contributed by atoms with Crippen molar-refractivity contribution in [3.05, 3.63) is 144 Å². The molecule has 0 unspecified atom stereocenters. The summed E-state index contributed by atoms with van der Waals surface area (Å²) in [4.78, 5) is 5.03. The van der Waals surface area contributed by atoms with Crippen molar-refractivity contribution in [2.75, 3.05) is 9.62 Å². The third kappa shape index (κ3) is 4.59. The largest absolute Gasteiger partial charge is 0.458 e. The van der Waals surface area contributed by atoms with Gasteiger partial charge in [-0.2, -0.15) is 0 Å². The van der Waals surface area contributed by atoms with Crippen molar-refractivity contribution in [1.29, 1.82) is 0 Å². The Morgan fingerprint density at radius 3 is 1.72 bits per heavy atom. The van der Waals surface area contributed by atoms with Crippen LogP contribution in [0.5, 0.6) is 11.5 Å². The number of anilines is 4. The zero-order valence-corrected chi connectivity index (χ0v) is 29.8. The summed E-state index contributed by atoms with van der Waals surface area (Å²) in [5.41, 5.74) is 16.9. The number of hydrogen-bond donors (Lipinski definition) is 0. The highest BCUT2D eigenvalue weighted by Crippen LogP contribution is 2.51. The summed E-state index contributed by atoms with van der Waals surface area (Å²) in [7, 11) is 0. The predicted octanol–water partition coefficient (Wildman–Crippen LogP) is 9.34. The lowest BCUT2D eigenvalue weighted by Crippen LogP contribution is -2.57. The van der Waals surface area contributed by atoms with Crippen LogP contribution in [0.4, 0.5) is 22.7 Å². The second-order valence-corrected chi connectivity index (χ2v) is 15.1. The van der Waals surface area contributed by atoms with Crippen molar-refractivity contribution in [1.82, 2.24) is 0 Å². The van der Waals surface area contributed by atoms with Crippen LogP contribution in [0.15, 0.2) is 127 Å². The molecule has 3 aliphatic heterocycles. The van der Waals surface area contributed by atoms with Gasteiger partial charge in [-0.1, -0.05) is 138 Å². The molecule has 5 heteroatoms. The van der Waals surface area contributed by atoms with Crippen molar-refractivity contribution in [2.45, 2.75) is 59.3 Å². The third-order valence-corrected chi connectivity index (χ3v) is 11.1. The van der Waals surface area contributed by atoms with Crippen LogP contribution in [-0.4, -0.2) is 13.7 Å². The fourth-order valence-corrected chi connectivity index (χ4v) is 8.70. The average molecular weight is 648 g/mol. The minimum atomic E-state index is -0.0214. The summed E-state index contributed by atoms with van der Waals surface area (Å²) in [6, 6.07) is 47.2. The van der Waals surface area contributed by atoms with Crippen molar-refractivity contribution in [2.24, 2.45) is 0 Å². The Kier molecular flexibility index (Phi) is 7.24. The monoisotopic (exact) mass is 648 g/mol. The molecule has 0 aliphatic carbocycles. The van der Waals surface area contributed by atoms with Crippen LogP contribution in [-0.2, 0) is 0 Å². The molecule has 0 bridgehead atoms. The minimum Gasteiger partial charge on any atom is -0.458 e. The van der Waals surface area contributed by atoms with Gasteiger partial charge in [0.25, 0.3) is 6.71 Å². The Morgan fingerprint density at radius 1 is 0.480 bits per heavy atom. The van der Waals surface area contributed by atoms with E-state index in [1.165, 1.54) is 66.7 Å². The summed E-state index contributed by atoms with van der Waals surface area (Å²) in [6.07, 6.45) is 0. The number of rotatable bonds is 5. The molecule has 0 N–H and O–H groups in total. The molecule has 0 saturated carbocycles. The summed E-state index contributed by atoms with van der Waals surface area (Å²) in [5, 5.41) is 0. The smallest absolute Gasteiger partial charge is 0.421 e. The second-order valence-electron chi connectivity index (χ2n) is 15.1. The van der Waals surface area contributed by atoms with E-state index in [-0.39, 0.29) is 13.7 Å². The van der Waals surface area contributed by atoms with E-state index >= 15 is 0 Å². The second kappa shape index (κ2) is 11.7. The third-order valence-electron chi connectivity index (χ3n) is 11.1. The van der Waals surface area contributed by atoms with Crippen molar-refractivity contribution < 1.29 is 4.74 Å². The van der Waals surface area contributed by atoms with Crippen LogP contribution in [0, 0.1) is 0 Å². The topological polar surface area (TPSA) is 15.7 Å². The zero-order chi connectivity index (χ0) is 34.3. The molecule has 0 amide bonds. The highest BCUT2D eigenvalue weighted by atomic mass is 16.5. The lowest BCUT2D eigenvalue weighted by atomic mass is 9.34. The molecule has 0 saturated heterocycles. The molecular formula is C45H42B2N2O. The van der Waals surface area contributed by atoms with Crippen molar-refractivity contribution >= 4 is 58.3 Å². The Morgan fingerprint density at radius 2 is 1.04 bits per heavy atom. The van der Waals surface area contributed by atoms with Gasteiger partial charge in [0.15, 0.2) is 0 Å². The van der Waals surface area contributed by atoms with E-state index < -0.39 is 0 Å². The van der Waals surface area contributed by atoms with Gasteiger partial charge < -0.3 is 14.4 Å². The maximum atomic E-state index is 6.90. The fourth-order valence-electron chi connectivity index (χ4n) is 8.70. The zero-order valence-electron chi connectivity index (χ0n) is 29.8. The number of hydrogen-bond acceptors (Lipinski definition) is 3. The van der Waals surface area contributed by atoms with E-state index in [1.54, 1.807) is 0 Å². The van der Waals surface area contributed by atoms with Crippen LogP contribution in [0.2, 0.25) is 0 Å². The molecular weight excluding hydrogens is 606 g/mol. The molecule has 3 heterocycles. The molecule has 0 radical (unpaired) electrons. The lowest BCUT2D eigenvalue weighted by Gasteiger charge is -2.37. The van der Waals surface area contributed by atoms with Crippen LogP contribution in [0.25, 0.3) is 11.1 Å². The van der Waals surface area contributed by atoms with Gasteiger partial charge >= 0.3 is 6.98 Å². The fraction of sp³-hybridized carbons (Fsp3) is 0.200. The number of ether oxygens (including phenoxy) is 1. The lowest BCUT2D eigenvalue weighted by molar-refractivity contribution is 0.487. The Hall–Kier alpha value is -5.15. The van der Waals surface area contributed by atoms with Gasteiger partial charge in [-0.15, -0.1) is 0 Å². The van der Waals surface area contributed by atoms with Crippen LogP contribution < -0.4 is 36.2 Å². The van der Waals surface area contributed by atoms with E-state index in [2.05, 4.69) is 179 Å². The van der Waals surface area contributed by atoms with Crippen molar-refractivity contribution in [3.63, 3.8) is 0 Å². The molecule has 9 rings (SSSR count). The van der Waals surface area contributed by atoms with Gasteiger partial charge in [0, 0.05) is 23.0 Å². The molecule has 6 aromatic rings. The van der Waals surface area contributed by atoms with E-state index in [9.17, 15) is 0 Å². The SMILES string of the molecule is CC(C)c1cc(C(C)C)c(B2c3ccccc3Oc3cc(N4B5c6ccccc6-c6ccccc6N5c5ccccc54)ccc32)c(C(C)C)c1. The number of para-hydroxylation sites is 4. The minimum absolute atomic E-state index is 0.0214. The van der Waals surface area contributed by atoms with Crippen molar-refractivity contribution in [3.8, 4) is 22.6 Å². The Balaban J connectivity index is 1.25. The first-order chi connectivity index (χ1) is 24.3. The summed E-state index contributed by atoms with van der Waals surface area (Å²) >= 11 is 0. The molecule has 50 heavy (non-hydrogen) atoms. The molecule has 244 valence electrons. The van der Waals surface area contributed by atoms with E-state index in [0.29, 0.717) is 17.8 Å². The van der Waals surface area contributed by atoms with Gasteiger partial charge in [0.05, 0.1) is 11.4 Å². The molecule has 0 aromatic heterocycles. The molecule has 0 fully saturated rings. The van der Waals surface area contributed by atoms with Gasteiger partial charge in [-0.25, -0.2) is 0 Å². The summed E-state index contributed by atoms with van der Waals surface area (Å²) < 4.78 is 6.90. The predicted molar refractivity (Wildman–Crippen MR) is 214 cm³/mol. The highest BCUT2D eigenvalue weighted by Gasteiger charge is 2.48. The number of nitrogens with zero attached hydrogens (tertiary/aromatic N) is 2. The average Bonchev–Trinajstić information content (AvgIpc) is 3.49. The van der Waals surface area contributed by atoms with Gasteiger partial charge in [-0.05, 0) is 86.7 Å². The van der Waals surface area contributed by atoms with Crippen LogP contribution in [0.3, 0.4) is 0 Å². The van der Waals surface area contributed by atoms with E-state index in [0.717, 1.165) is 17.2 Å². The first kappa shape index (κ1) is 30.9. The maximum absolute atomic E-state index is 6.90. The first-order valence-electron chi connectivity index (χ1n) is 18.3. The van der Waals surface area contributed by atoms with E-state index in [4.69, 9.17) is 4.74 Å². The van der Waals surface area contributed by atoms with Crippen LogP contribution >= 0.6 is 0 Å². The first-order valence-corrected chi connectivity index (χ1v) is 18.3. The van der Waals surface area contributed by atoms with E-state index in [1.807, 2.05) is 0 Å². The molecule has 3 nitrogen and oxygen atoms in total. The van der Waals surface area contributed by atoms with Crippen LogP contribution in [0.1, 0.15) is 76.0 Å². The van der Waals surface area contributed by atoms with Gasteiger partial charge in [-0.3, -0.25) is 0 Å². The number of benzene rings is 6. The Labute approximate surface area is 297 Å². The van der Waals surface area contributed by atoms with Gasteiger partial charge in [0.1, 0.15) is 11.5 Å². The summed E-state index contributed by atoms with van der Waals surface area (Å²) in [5.74, 6) is 3.13. The van der Waals surface area contributed by atoms with Gasteiger partial charge in [0.2, 0.25) is 0 Å². The number of fused-ring (bicyclic) bond motifs is 10. The normalized spacial score (nSPS) is 13.9. The Bertz CT molecular complexity index is 2260. The molecule has 6 aromatic carbocycles. The standard InChI is InChI=1S/C45H42B2N2O/c1-28(2)31-25-35(29(3)4)45(36(26-31)30(5)6)46-38-18-10-14-22-43(38)50-44-27-32(23-24-39(44)46)48-41-20-12-13-21-42(41)49-40-19-11-8-16-34(40)33-15-7-9-17-37(33)47(48)49/h7-30H,1-6H3. The molecule has 3 aliphatic rings. The summed E-state index contributed by atoms with van der Waals surface area (Å²) in [6.45, 7) is 14.1. The highest BCUT2D eigenvalue weighted by molar-refractivity contribution is 6.97. The molecule has 0 atom stereocenters. The molecule has 0 spiro atoms. The quantitative estimate of drug-likeness (QED) is 0.173.